The molecule has 4 nitrogen and oxygen atoms in total. The number of rotatable bonds is 6. The number of hydrogen-bond donors (Lipinski definition) is 0. The summed E-state index contributed by atoms with van der Waals surface area (Å²) in [4.78, 5) is 0. The standard InChI is InChI=1S/C14H21IN2O2/c1-11(2)17-14(3-6-16-17)13-10-18-7-4-12(13)9-19-8-5-15/h3,6,11H,4-5,7-10H2,1-2H3. The average molecular weight is 376 g/mol. The molecule has 0 bridgehead atoms. The summed E-state index contributed by atoms with van der Waals surface area (Å²) in [5.41, 5.74) is 3.78. The van der Waals surface area contributed by atoms with E-state index in [1.807, 2.05) is 6.20 Å². The Kier molecular flexibility index (Phi) is 5.84. The highest BCUT2D eigenvalue weighted by Crippen LogP contribution is 2.26. The van der Waals surface area contributed by atoms with Gasteiger partial charge in [0.1, 0.15) is 0 Å². The van der Waals surface area contributed by atoms with Gasteiger partial charge in [-0.25, -0.2) is 0 Å². The summed E-state index contributed by atoms with van der Waals surface area (Å²) in [6.45, 7) is 7.27. The van der Waals surface area contributed by atoms with Crippen LogP contribution in [0.3, 0.4) is 0 Å². The van der Waals surface area contributed by atoms with Crippen molar-refractivity contribution in [3.63, 3.8) is 0 Å². The van der Waals surface area contributed by atoms with E-state index in [1.165, 1.54) is 16.8 Å². The number of hydrogen-bond acceptors (Lipinski definition) is 3. The van der Waals surface area contributed by atoms with Crippen LogP contribution in [0.1, 0.15) is 32.0 Å². The van der Waals surface area contributed by atoms with E-state index in [4.69, 9.17) is 9.47 Å². The van der Waals surface area contributed by atoms with Crippen LogP contribution in [0.4, 0.5) is 0 Å². The fourth-order valence-corrected chi connectivity index (χ4v) is 2.56. The smallest absolute Gasteiger partial charge is 0.0738 e. The van der Waals surface area contributed by atoms with Gasteiger partial charge < -0.3 is 9.47 Å². The summed E-state index contributed by atoms with van der Waals surface area (Å²) in [6.07, 6.45) is 2.82. The van der Waals surface area contributed by atoms with Crippen molar-refractivity contribution in [3.8, 4) is 0 Å². The van der Waals surface area contributed by atoms with Crippen molar-refractivity contribution < 1.29 is 9.47 Å². The van der Waals surface area contributed by atoms with Crippen LogP contribution in [0.25, 0.3) is 5.57 Å². The number of nitrogens with zero attached hydrogens (tertiary/aromatic N) is 2. The molecule has 1 aromatic heterocycles. The monoisotopic (exact) mass is 376 g/mol. The molecule has 106 valence electrons. The molecule has 0 unspecified atom stereocenters. The maximum atomic E-state index is 5.70. The van der Waals surface area contributed by atoms with Crippen LogP contribution in [0.15, 0.2) is 17.8 Å². The number of halogens is 1. The Morgan fingerprint density at radius 2 is 2.37 bits per heavy atom. The molecular formula is C14H21IN2O2. The van der Waals surface area contributed by atoms with Gasteiger partial charge in [-0.15, -0.1) is 0 Å². The second-order valence-corrected chi connectivity index (χ2v) is 5.96. The lowest BCUT2D eigenvalue weighted by molar-refractivity contribution is 0.137. The zero-order valence-electron chi connectivity index (χ0n) is 11.6. The minimum atomic E-state index is 0.357. The first-order valence-electron chi connectivity index (χ1n) is 6.70. The molecule has 2 rings (SSSR count). The van der Waals surface area contributed by atoms with Crippen LogP contribution in [0.2, 0.25) is 0 Å². The van der Waals surface area contributed by atoms with Crippen LogP contribution in [0.5, 0.6) is 0 Å². The molecule has 0 aliphatic carbocycles. The maximum absolute atomic E-state index is 5.70. The number of ether oxygens (including phenoxy) is 2. The Balaban J connectivity index is 2.23. The predicted molar refractivity (Wildman–Crippen MR) is 84.7 cm³/mol. The van der Waals surface area contributed by atoms with E-state index < -0.39 is 0 Å². The highest BCUT2D eigenvalue weighted by Gasteiger charge is 2.19. The van der Waals surface area contributed by atoms with Crippen LogP contribution in [-0.2, 0) is 9.47 Å². The van der Waals surface area contributed by atoms with E-state index in [2.05, 4.69) is 52.3 Å². The van der Waals surface area contributed by atoms with E-state index in [0.717, 1.165) is 24.1 Å². The second-order valence-electron chi connectivity index (χ2n) is 4.88. The first-order valence-corrected chi connectivity index (χ1v) is 8.22. The SMILES string of the molecule is CC(C)n1nccc1C1=C(COCCI)CCOC1. The topological polar surface area (TPSA) is 36.3 Å². The normalized spacial score (nSPS) is 16.4. The summed E-state index contributed by atoms with van der Waals surface area (Å²) in [5.74, 6) is 0. The third-order valence-corrected chi connectivity index (χ3v) is 3.63. The Morgan fingerprint density at radius 3 is 3.11 bits per heavy atom. The minimum Gasteiger partial charge on any atom is -0.376 e. The molecule has 0 atom stereocenters. The van der Waals surface area contributed by atoms with Crippen LogP contribution >= 0.6 is 22.6 Å². The van der Waals surface area contributed by atoms with Crippen molar-refractivity contribution in [2.24, 2.45) is 0 Å². The highest BCUT2D eigenvalue weighted by atomic mass is 127. The van der Waals surface area contributed by atoms with Gasteiger partial charge in [-0.3, -0.25) is 4.68 Å². The van der Waals surface area contributed by atoms with Gasteiger partial charge in [0.2, 0.25) is 0 Å². The fourth-order valence-electron chi connectivity index (χ4n) is 2.25. The first kappa shape index (κ1) is 15.0. The third-order valence-electron chi connectivity index (χ3n) is 3.19. The molecule has 0 spiro atoms. The molecule has 0 saturated heterocycles. The van der Waals surface area contributed by atoms with Crippen molar-refractivity contribution in [3.05, 3.63) is 23.5 Å². The highest BCUT2D eigenvalue weighted by molar-refractivity contribution is 14.1. The van der Waals surface area contributed by atoms with Gasteiger partial charge in [0.15, 0.2) is 0 Å². The molecule has 2 heterocycles. The fraction of sp³-hybridized carbons (Fsp3) is 0.643. The molecule has 0 saturated carbocycles. The molecule has 0 aromatic carbocycles. The van der Waals surface area contributed by atoms with Gasteiger partial charge in [0, 0.05) is 22.2 Å². The maximum Gasteiger partial charge on any atom is 0.0738 e. The molecular weight excluding hydrogens is 355 g/mol. The molecule has 5 heteroatoms. The molecule has 0 radical (unpaired) electrons. The molecule has 1 aliphatic rings. The summed E-state index contributed by atoms with van der Waals surface area (Å²) >= 11 is 2.33. The second kappa shape index (κ2) is 7.40. The Morgan fingerprint density at radius 1 is 1.53 bits per heavy atom. The molecule has 1 aliphatic heterocycles. The van der Waals surface area contributed by atoms with Crippen LogP contribution < -0.4 is 0 Å². The lowest BCUT2D eigenvalue weighted by Gasteiger charge is -2.22. The quantitative estimate of drug-likeness (QED) is 0.435. The van der Waals surface area contributed by atoms with E-state index in [1.54, 1.807) is 0 Å². The summed E-state index contributed by atoms with van der Waals surface area (Å²) in [6, 6.07) is 2.43. The summed E-state index contributed by atoms with van der Waals surface area (Å²) < 4.78 is 14.4. The molecule has 0 N–H and O–H groups in total. The molecule has 0 fully saturated rings. The van der Waals surface area contributed by atoms with Gasteiger partial charge in [0.05, 0.1) is 32.1 Å². The Hall–Kier alpha value is -0.400. The number of aromatic nitrogens is 2. The largest absolute Gasteiger partial charge is 0.376 e. The van der Waals surface area contributed by atoms with Crippen LogP contribution in [0, 0.1) is 0 Å². The number of alkyl halides is 1. The van der Waals surface area contributed by atoms with E-state index in [-0.39, 0.29) is 0 Å². The first-order chi connectivity index (χ1) is 9.24. The minimum absolute atomic E-state index is 0.357. The van der Waals surface area contributed by atoms with Gasteiger partial charge in [-0.2, -0.15) is 5.10 Å². The zero-order valence-corrected chi connectivity index (χ0v) is 13.7. The molecule has 19 heavy (non-hydrogen) atoms. The molecule has 1 aromatic rings. The lowest BCUT2D eigenvalue weighted by Crippen LogP contribution is -2.17. The lowest BCUT2D eigenvalue weighted by atomic mass is 10.0. The van der Waals surface area contributed by atoms with Crippen molar-refractivity contribution in [2.75, 3.05) is 30.9 Å². The molecule has 0 amide bonds. The Labute approximate surface area is 128 Å². The van der Waals surface area contributed by atoms with Crippen molar-refractivity contribution >= 4 is 28.2 Å². The van der Waals surface area contributed by atoms with Crippen LogP contribution in [-0.4, -0.2) is 40.6 Å². The van der Waals surface area contributed by atoms with Gasteiger partial charge in [0.25, 0.3) is 0 Å². The summed E-state index contributed by atoms with van der Waals surface area (Å²) in [5, 5.41) is 4.41. The summed E-state index contributed by atoms with van der Waals surface area (Å²) in [7, 11) is 0. The van der Waals surface area contributed by atoms with E-state index in [9.17, 15) is 0 Å². The Bertz CT molecular complexity index is 440. The van der Waals surface area contributed by atoms with Crippen molar-refractivity contribution in [2.45, 2.75) is 26.3 Å². The van der Waals surface area contributed by atoms with Gasteiger partial charge in [-0.1, -0.05) is 22.6 Å². The van der Waals surface area contributed by atoms with Crippen molar-refractivity contribution in [1.29, 1.82) is 0 Å². The van der Waals surface area contributed by atoms with Gasteiger partial charge >= 0.3 is 0 Å². The van der Waals surface area contributed by atoms with Crippen molar-refractivity contribution in [1.82, 2.24) is 9.78 Å². The predicted octanol–water partition coefficient (Wildman–Crippen LogP) is 3.09. The zero-order chi connectivity index (χ0) is 13.7. The van der Waals surface area contributed by atoms with Gasteiger partial charge in [-0.05, 0) is 31.9 Å². The average Bonchev–Trinajstić information content (AvgIpc) is 2.89. The van der Waals surface area contributed by atoms with E-state index in [0.29, 0.717) is 19.3 Å². The third kappa shape index (κ3) is 3.79. The van der Waals surface area contributed by atoms with E-state index >= 15 is 0 Å².